The van der Waals surface area contributed by atoms with Crippen LogP contribution in [0.5, 0.6) is 0 Å². The Labute approximate surface area is 160 Å². The molecule has 0 spiro atoms. The molecule has 0 saturated heterocycles. The largest absolute Gasteiger partial charge is 0.468 e. The van der Waals surface area contributed by atoms with Crippen molar-refractivity contribution in [3.8, 4) is 0 Å². The number of urea groups is 1. The van der Waals surface area contributed by atoms with Gasteiger partial charge < -0.3 is 15.1 Å². The second kappa shape index (κ2) is 8.61. The molecule has 6 nitrogen and oxygen atoms in total. The molecule has 0 aliphatic heterocycles. The van der Waals surface area contributed by atoms with Crippen molar-refractivity contribution in [2.45, 2.75) is 55.2 Å². The minimum absolute atomic E-state index is 0.0533. The van der Waals surface area contributed by atoms with Crippen LogP contribution in [0.2, 0.25) is 0 Å². The van der Waals surface area contributed by atoms with Gasteiger partial charge in [0.25, 0.3) is 0 Å². The van der Waals surface area contributed by atoms with Gasteiger partial charge in [-0.2, -0.15) is 0 Å². The summed E-state index contributed by atoms with van der Waals surface area (Å²) in [6.07, 6.45) is 6.81. The van der Waals surface area contributed by atoms with E-state index >= 15 is 0 Å². The molecule has 2 N–H and O–H groups in total. The Hall–Kier alpha value is -2.28. The van der Waals surface area contributed by atoms with E-state index in [-0.39, 0.29) is 23.5 Å². The number of nitrogens with one attached hydrogen (secondary N) is 2. The zero-order valence-electron chi connectivity index (χ0n) is 15.5. The van der Waals surface area contributed by atoms with Gasteiger partial charge in [0.05, 0.1) is 11.2 Å². The lowest BCUT2D eigenvalue weighted by Crippen LogP contribution is -2.44. The van der Waals surface area contributed by atoms with Crippen LogP contribution in [-0.4, -0.2) is 27.0 Å². The fourth-order valence-electron chi connectivity index (χ4n) is 3.40. The van der Waals surface area contributed by atoms with Crippen LogP contribution in [0.25, 0.3) is 0 Å². The molecule has 1 aromatic carbocycles. The zero-order chi connectivity index (χ0) is 19.3. The summed E-state index contributed by atoms with van der Waals surface area (Å²) in [5.41, 5.74) is 0.980. The lowest BCUT2D eigenvalue weighted by Gasteiger charge is -2.23. The lowest BCUT2D eigenvalue weighted by atomic mass is 9.96. The molecule has 1 atom stereocenters. The molecule has 2 amide bonds. The first kappa shape index (κ1) is 19.5. The highest BCUT2D eigenvalue weighted by molar-refractivity contribution is 7.91. The Morgan fingerprint density at radius 1 is 1.15 bits per heavy atom. The van der Waals surface area contributed by atoms with Gasteiger partial charge in [-0.05, 0) is 44.0 Å². The number of hydrogen-bond acceptors (Lipinski definition) is 4. The monoisotopic (exact) mass is 390 g/mol. The number of sulfone groups is 1. The minimum atomic E-state index is -3.71. The van der Waals surface area contributed by atoms with Crippen molar-refractivity contribution in [3.63, 3.8) is 0 Å². The SMILES string of the molecule is Cc1ccc(S(=O)(=O)C(CNC(=O)NC2CCCCC2)c2ccco2)cc1. The Kier molecular flexibility index (Phi) is 6.21. The van der Waals surface area contributed by atoms with Gasteiger partial charge >= 0.3 is 6.03 Å². The molecular formula is C20H26N2O4S. The maximum absolute atomic E-state index is 13.1. The number of hydrogen-bond donors (Lipinski definition) is 2. The number of rotatable bonds is 6. The number of amides is 2. The van der Waals surface area contributed by atoms with Gasteiger partial charge in [0.2, 0.25) is 0 Å². The summed E-state index contributed by atoms with van der Waals surface area (Å²) in [4.78, 5) is 12.5. The normalized spacial score (nSPS) is 16.6. The Morgan fingerprint density at radius 2 is 1.85 bits per heavy atom. The third kappa shape index (κ3) is 4.91. The van der Waals surface area contributed by atoms with Crippen molar-refractivity contribution in [1.82, 2.24) is 10.6 Å². The van der Waals surface area contributed by atoms with Crippen LogP contribution >= 0.6 is 0 Å². The third-order valence-electron chi connectivity index (χ3n) is 4.97. The Morgan fingerprint density at radius 3 is 2.48 bits per heavy atom. The summed E-state index contributed by atoms with van der Waals surface area (Å²) < 4.78 is 31.6. The number of benzene rings is 1. The molecular weight excluding hydrogens is 364 g/mol. The molecule has 2 aromatic rings. The summed E-state index contributed by atoms with van der Waals surface area (Å²) in [5, 5.41) is 4.68. The van der Waals surface area contributed by atoms with E-state index in [2.05, 4.69) is 10.6 Å². The van der Waals surface area contributed by atoms with E-state index in [1.165, 1.54) is 12.7 Å². The summed E-state index contributed by atoms with van der Waals surface area (Å²) in [5.74, 6) is 0.313. The van der Waals surface area contributed by atoms with Gasteiger partial charge in [-0.25, -0.2) is 13.2 Å². The van der Waals surface area contributed by atoms with E-state index in [0.717, 1.165) is 31.2 Å². The Bertz CT molecular complexity index is 839. The second-order valence-corrected chi connectivity index (χ2v) is 9.18. The van der Waals surface area contributed by atoms with Crippen molar-refractivity contribution >= 4 is 15.9 Å². The smallest absolute Gasteiger partial charge is 0.315 e. The molecule has 146 valence electrons. The number of carbonyl (C=O) groups excluding carboxylic acids is 1. The average Bonchev–Trinajstić information content (AvgIpc) is 3.17. The first-order chi connectivity index (χ1) is 13.0. The van der Waals surface area contributed by atoms with Crippen molar-refractivity contribution in [2.24, 2.45) is 0 Å². The molecule has 3 rings (SSSR count). The molecule has 27 heavy (non-hydrogen) atoms. The van der Waals surface area contributed by atoms with Crippen LogP contribution in [0.3, 0.4) is 0 Å². The van der Waals surface area contributed by atoms with E-state index in [1.807, 2.05) is 6.92 Å². The lowest BCUT2D eigenvalue weighted by molar-refractivity contribution is 0.232. The molecule has 1 unspecified atom stereocenters. The topological polar surface area (TPSA) is 88.4 Å². The molecule has 1 aliphatic rings. The van der Waals surface area contributed by atoms with Crippen molar-refractivity contribution in [3.05, 3.63) is 54.0 Å². The quantitative estimate of drug-likeness (QED) is 0.786. The van der Waals surface area contributed by atoms with Crippen LogP contribution in [0.15, 0.2) is 52.0 Å². The molecule has 0 radical (unpaired) electrons. The summed E-state index contributed by atoms with van der Waals surface area (Å²) in [6.45, 7) is 1.85. The van der Waals surface area contributed by atoms with E-state index < -0.39 is 15.1 Å². The van der Waals surface area contributed by atoms with Crippen LogP contribution in [0.1, 0.15) is 48.7 Å². The van der Waals surface area contributed by atoms with Crippen LogP contribution < -0.4 is 10.6 Å². The Balaban J connectivity index is 1.72. The molecule has 1 saturated carbocycles. The van der Waals surface area contributed by atoms with Gasteiger partial charge in [0.15, 0.2) is 9.84 Å². The number of aryl methyl sites for hydroxylation is 1. The predicted molar refractivity (Wildman–Crippen MR) is 103 cm³/mol. The molecule has 1 heterocycles. The highest BCUT2D eigenvalue weighted by atomic mass is 32.2. The highest BCUT2D eigenvalue weighted by Crippen LogP contribution is 2.29. The van der Waals surface area contributed by atoms with Gasteiger partial charge in [0, 0.05) is 12.6 Å². The van der Waals surface area contributed by atoms with Gasteiger partial charge in [0.1, 0.15) is 11.0 Å². The van der Waals surface area contributed by atoms with Crippen LogP contribution in [0, 0.1) is 6.92 Å². The van der Waals surface area contributed by atoms with Crippen LogP contribution in [-0.2, 0) is 9.84 Å². The number of furan rings is 1. The maximum atomic E-state index is 13.1. The van der Waals surface area contributed by atoms with Gasteiger partial charge in [-0.15, -0.1) is 0 Å². The average molecular weight is 391 g/mol. The molecule has 1 aromatic heterocycles. The molecule has 1 aliphatic carbocycles. The van der Waals surface area contributed by atoms with Crippen molar-refractivity contribution in [1.29, 1.82) is 0 Å². The van der Waals surface area contributed by atoms with E-state index in [1.54, 1.807) is 36.4 Å². The minimum Gasteiger partial charge on any atom is -0.468 e. The zero-order valence-corrected chi connectivity index (χ0v) is 16.3. The van der Waals surface area contributed by atoms with Crippen molar-refractivity contribution < 1.29 is 17.6 Å². The summed E-state index contributed by atoms with van der Waals surface area (Å²) in [7, 11) is -3.71. The van der Waals surface area contributed by atoms with Gasteiger partial charge in [-0.3, -0.25) is 0 Å². The molecule has 7 heteroatoms. The highest BCUT2D eigenvalue weighted by Gasteiger charge is 2.32. The van der Waals surface area contributed by atoms with Gasteiger partial charge in [-0.1, -0.05) is 37.0 Å². The van der Waals surface area contributed by atoms with E-state index in [0.29, 0.717) is 5.76 Å². The second-order valence-electron chi connectivity index (χ2n) is 7.05. The first-order valence-electron chi connectivity index (χ1n) is 9.35. The summed E-state index contributed by atoms with van der Waals surface area (Å²) in [6, 6.07) is 9.79. The summed E-state index contributed by atoms with van der Waals surface area (Å²) >= 11 is 0. The maximum Gasteiger partial charge on any atom is 0.315 e. The molecule has 0 bridgehead atoms. The fraction of sp³-hybridized carbons (Fsp3) is 0.450. The third-order valence-corrected chi connectivity index (χ3v) is 7.05. The van der Waals surface area contributed by atoms with Crippen molar-refractivity contribution in [2.75, 3.05) is 6.54 Å². The predicted octanol–water partition coefficient (Wildman–Crippen LogP) is 3.73. The standard InChI is InChI=1S/C20H26N2O4S/c1-15-9-11-17(12-10-15)27(24,25)19(18-8-5-13-26-18)14-21-20(23)22-16-6-3-2-4-7-16/h5,8-13,16,19H,2-4,6-7,14H2,1H3,(H2,21,22,23). The molecule has 1 fully saturated rings. The number of carbonyl (C=O) groups is 1. The fourth-order valence-corrected chi connectivity index (χ4v) is 4.99. The van der Waals surface area contributed by atoms with Crippen LogP contribution in [0.4, 0.5) is 4.79 Å². The first-order valence-corrected chi connectivity index (χ1v) is 10.9. The van der Waals surface area contributed by atoms with E-state index in [9.17, 15) is 13.2 Å². The van der Waals surface area contributed by atoms with E-state index in [4.69, 9.17) is 4.42 Å².